The van der Waals surface area contributed by atoms with Crippen molar-refractivity contribution in [1.82, 2.24) is 9.80 Å². The highest BCUT2D eigenvalue weighted by atomic mass is 127. The second-order valence-electron chi connectivity index (χ2n) is 2.12. The van der Waals surface area contributed by atoms with Gasteiger partial charge in [-0.25, -0.2) is 0 Å². The lowest BCUT2D eigenvalue weighted by molar-refractivity contribution is 0.336. The Balaban J connectivity index is 0.000000810. The van der Waals surface area contributed by atoms with E-state index in [1.165, 1.54) is 7.41 Å². The maximum absolute atomic E-state index is 2.36. The van der Waals surface area contributed by atoms with Crippen LogP contribution in [0, 0.1) is 0 Å². The zero-order chi connectivity index (χ0) is 7.02. The third-order valence-corrected chi connectivity index (χ3v) is 4.97. The zero-order valence-corrected chi connectivity index (χ0v) is 12.4. The van der Waals surface area contributed by atoms with Gasteiger partial charge < -0.3 is 9.80 Å². The van der Waals surface area contributed by atoms with Crippen molar-refractivity contribution in [2.45, 2.75) is 0 Å². The summed E-state index contributed by atoms with van der Waals surface area (Å²) in [6.07, 6.45) is 0. The minimum atomic E-state index is 0. The molecule has 0 saturated carbocycles. The minimum absolute atomic E-state index is 0. The molecule has 60 valence electrons. The molecule has 0 aliphatic carbocycles. The molecule has 0 bridgehead atoms. The molecule has 0 saturated heterocycles. The van der Waals surface area contributed by atoms with Crippen molar-refractivity contribution in [3.63, 3.8) is 0 Å². The monoisotopic (exact) mass is 478 g/mol. The van der Waals surface area contributed by atoms with Crippen molar-refractivity contribution in [2.24, 2.45) is 0 Å². The Labute approximate surface area is 106 Å². The number of hydrogen-bond acceptors (Lipinski definition) is 2. The molecular weight excluding hydrogens is 469 g/mol. The van der Waals surface area contributed by atoms with Crippen LogP contribution in [0.2, 0.25) is 0 Å². The summed E-state index contributed by atoms with van der Waals surface area (Å²) in [7, 11) is 4.20. The first-order valence-corrected chi connectivity index (χ1v) is 4.76. The van der Waals surface area contributed by atoms with Crippen molar-refractivity contribution in [2.75, 3.05) is 20.8 Å². The van der Waals surface area contributed by atoms with Crippen LogP contribution >= 0.6 is 69.2 Å². The Morgan fingerprint density at radius 2 is 1.40 bits per heavy atom. The van der Waals surface area contributed by atoms with Gasteiger partial charge in [0.1, 0.15) is 7.41 Å². The summed E-state index contributed by atoms with van der Waals surface area (Å²) in [5, 5.41) is 0. The maximum Gasteiger partial charge on any atom is 0.107 e. The average Bonchev–Trinajstić information content (AvgIpc) is 1.98. The van der Waals surface area contributed by atoms with Crippen LogP contribution in [-0.2, 0) is 0 Å². The number of nitrogens with zero attached hydrogens (tertiary/aromatic N) is 2. The standard InChI is InChI=1S/C5H8I2N2.HI/c1-8-3-9(2)5(7)4(8)6;/h3H2,1-2H3;1H. The minimum Gasteiger partial charge on any atom is -0.350 e. The van der Waals surface area contributed by atoms with Gasteiger partial charge in [-0.05, 0) is 45.2 Å². The highest BCUT2D eigenvalue weighted by Gasteiger charge is 2.18. The smallest absolute Gasteiger partial charge is 0.107 e. The summed E-state index contributed by atoms with van der Waals surface area (Å²) in [5.41, 5.74) is 0. The van der Waals surface area contributed by atoms with Crippen molar-refractivity contribution < 1.29 is 0 Å². The van der Waals surface area contributed by atoms with Gasteiger partial charge in [-0.15, -0.1) is 24.0 Å². The van der Waals surface area contributed by atoms with Gasteiger partial charge in [-0.2, -0.15) is 0 Å². The Bertz CT molecular complexity index is 141. The quantitative estimate of drug-likeness (QED) is 0.391. The molecular formula is C5H9I3N2. The van der Waals surface area contributed by atoms with Gasteiger partial charge in [0.05, 0.1) is 6.67 Å². The Morgan fingerprint density at radius 3 is 1.50 bits per heavy atom. The summed E-state index contributed by atoms with van der Waals surface area (Å²) >= 11 is 4.71. The first kappa shape index (κ1) is 11.5. The molecule has 0 radical (unpaired) electrons. The van der Waals surface area contributed by atoms with Gasteiger partial charge in [-0.1, -0.05) is 0 Å². The van der Waals surface area contributed by atoms with Crippen LogP contribution in [0.1, 0.15) is 0 Å². The molecule has 0 atom stereocenters. The Morgan fingerprint density at radius 1 is 1.10 bits per heavy atom. The highest BCUT2D eigenvalue weighted by Crippen LogP contribution is 2.29. The lowest BCUT2D eigenvalue weighted by Gasteiger charge is -2.13. The van der Waals surface area contributed by atoms with E-state index in [-0.39, 0.29) is 24.0 Å². The predicted octanol–water partition coefficient (Wildman–Crippen LogP) is 2.44. The summed E-state index contributed by atoms with van der Waals surface area (Å²) in [6, 6.07) is 0. The first-order valence-electron chi connectivity index (χ1n) is 2.60. The number of halogens is 3. The lowest BCUT2D eigenvalue weighted by atomic mass is 10.9. The lowest BCUT2D eigenvalue weighted by Crippen LogP contribution is -2.19. The summed E-state index contributed by atoms with van der Waals surface area (Å²) in [5.74, 6) is 0. The number of rotatable bonds is 0. The van der Waals surface area contributed by atoms with E-state index in [4.69, 9.17) is 0 Å². The highest BCUT2D eigenvalue weighted by molar-refractivity contribution is 14.1. The van der Waals surface area contributed by atoms with Crippen molar-refractivity contribution >= 4 is 69.2 Å². The normalized spacial score (nSPS) is 18.0. The molecule has 0 unspecified atom stereocenters. The van der Waals surface area contributed by atoms with E-state index < -0.39 is 0 Å². The molecule has 1 rings (SSSR count). The zero-order valence-electron chi connectivity index (χ0n) is 5.77. The fraction of sp³-hybridized carbons (Fsp3) is 0.600. The molecule has 0 aromatic rings. The predicted molar refractivity (Wildman–Crippen MR) is 70.9 cm³/mol. The molecule has 1 aliphatic rings. The van der Waals surface area contributed by atoms with Crippen molar-refractivity contribution in [3.05, 3.63) is 7.41 Å². The van der Waals surface area contributed by atoms with E-state index in [2.05, 4.69) is 69.1 Å². The van der Waals surface area contributed by atoms with Gasteiger partial charge in [0, 0.05) is 14.1 Å². The van der Waals surface area contributed by atoms with Crippen LogP contribution < -0.4 is 0 Å². The summed E-state index contributed by atoms with van der Waals surface area (Å²) < 4.78 is 2.69. The molecule has 10 heavy (non-hydrogen) atoms. The summed E-state index contributed by atoms with van der Waals surface area (Å²) in [4.78, 5) is 4.45. The van der Waals surface area contributed by atoms with Crippen LogP contribution in [0.4, 0.5) is 0 Å². The van der Waals surface area contributed by atoms with Crippen LogP contribution in [0.25, 0.3) is 0 Å². The van der Waals surface area contributed by atoms with Crippen LogP contribution in [0.15, 0.2) is 7.41 Å². The Hall–Kier alpha value is 1.53. The average molecular weight is 478 g/mol. The summed E-state index contributed by atoms with van der Waals surface area (Å²) in [6.45, 7) is 1.02. The van der Waals surface area contributed by atoms with Gasteiger partial charge in [0.2, 0.25) is 0 Å². The van der Waals surface area contributed by atoms with Gasteiger partial charge in [-0.3, -0.25) is 0 Å². The first-order chi connectivity index (χ1) is 4.13. The van der Waals surface area contributed by atoms with Gasteiger partial charge >= 0.3 is 0 Å². The fourth-order valence-electron chi connectivity index (χ4n) is 0.757. The molecule has 1 heterocycles. The second-order valence-corrected chi connectivity index (χ2v) is 4.16. The Kier molecular flexibility index (Phi) is 5.22. The topological polar surface area (TPSA) is 6.48 Å². The SMILES string of the molecule is CN1CN(C)C(I)=C1I.I. The fourth-order valence-corrected chi connectivity index (χ4v) is 1.89. The second kappa shape index (κ2) is 4.53. The maximum atomic E-state index is 2.36. The largest absolute Gasteiger partial charge is 0.350 e. The van der Waals surface area contributed by atoms with E-state index in [1.807, 2.05) is 0 Å². The van der Waals surface area contributed by atoms with Crippen molar-refractivity contribution in [3.8, 4) is 0 Å². The molecule has 0 spiro atoms. The van der Waals surface area contributed by atoms with E-state index >= 15 is 0 Å². The van der Waals surface area contributed by atoms with E-state index in [9.17, 15) is 0 Å². The van der Waals surface area contributed by atoms with E-state index in [1.54, 1.807) is 0 Å². The van der Waals surface area contributed by atoms with Crippen LogP contribution in [-0.4, -0.2) is 30.6 Å². The number of hydrogen-bond donors (Lipinski definition) is 0. The molecule has 0 aromatic carbocycles. The molecule has 0 N–H and O–H groups in total. The molecule has 0 aromatic heterocycles. The van der Waals surface area contributed by atoms with Crippen molar-refractivity contribution in [1.29, 1.82) is 0 Å². The molecule has 5 heteroatoms. The van der Waals surface area contributed by atoms with Crippen LogP contribution in [0.5, 0.6) is 0 Å². The van der Waals surface area contributed by atoms with Crippen LogP contribution in [0.3, 0.4) is 0 Å². The molecule has 0 amide bonds. The van der Waals surface area contributed by atoms with E-state index in [0.717, 1.165) is 6.67 Å². The molecule has 2 nitrogen and oxygen atoms in total. The van der Waals surface area contributed by atoms with Gasteiger partial charge in [0.15, 0.2) is 0 Å². The molecule has 0 fully saturated rings. The van der Waals surface area contributed by atoms with E-state index in [0.29, 0.717) is 0 Å². The molecule has 1 aliphatic heterocycles. The third-order valence-electron chi connectivity index (χ3n) is 1.26. The van der Waals surface area contributed by atoms with Gasteiger partial charge in [0.25, 0.3) is 0 Å². The third kappa shape index (κ3) is 2.26.